The van der Waals surface area contributed by atoms with Gasteiger partial charge < -0.3 is 10.2 Å². The number of carbonyl (C=O) groups excluding carboxylic acids is 2. The Kier molecular flexibility index (Phi) is 5.25. The largest absolute Gasteiger partial charge is 0.324 e. The van der Waals surface area contributed by atoms with Gasteiger partial charge in [-0.2, -0.15) is 0 Å². The molecule has 2 aromatic carbocycles. The van der Waals surface area contributed by atoms with Crippen molar-refractivity contribution in [2.45, 2.75) is 24.6 Å². The molecular formula is C21H22ClN3O2S. The van der Waals surface area contributed by atoms with Gasteiger partial charge in [-0.05, 0) is 61.7 Å². The predicted molar refractivity (Wildman–Crippen MR) is 115 cm³/mol. The van der Waals surface area contributed by atoms with Crippen LogP contribution in [0.15, 0.2) is 48.5 Å². The summed E-state index contributed by atoms with van der Waals surface area (Å²) in [5, 5.41) is 3.55. The first kappa shape index (κ1) is 19.2. The van der Waals surface area contributed by atoms with Gasteiger partial charge in [0, 0.05) is 29.5 Å². The van der Waals surface area contributed by atoms with E-state index in [1.54, 1.807) is 36.0 Å². The van der Waals surface area contributed by atoms with Crippen LogP contribution in [0, 0.1) is 6.92 Å². The van der Waals surface area contributed by atoms with Crippen molar-refractivity contribution in [1.29, 1.82) is 0 Å². The quantitative estimate of drug-likeness (QED) is 0.769. The van der Waals surface area contributed by atoms with Gasteiger partial charge in [0.2, 0.25) is 5.91 Å². The minimum absolute atomic E-state index is 0.117. The Bertz CT molecular complexity index is 895. The Hall–Kier alpha value is -2.18. The summed E-state index contributed by atoms with van der Waals surface area (Å²) in [6.07, 6.45) is 1.51. The Balaban J connectivity index is 1.45. The number of thioether (sulfide) groups is 1. The van der Waals surface area contributed by atoms with Gasteiger partial charge in [0.05, 0.1) is 10.6 Å². The maximum atomic E-state index is 12.6. The standard InChI is InChI=1S/C21H22ClN3O2S/c1-15-3-2-4-18(13-15)25-19(26)14-28-21(25)9-11-24(12-10-21)20(27)23-17-7-5-16(22)6-8-17/h2-8,13H,9-12,14H2,1H3,(H,23,27). The molecule has 0 atom stereocenters. The zero-order valence-corrected chi connectivity index (χ0v) is 17.2. The molecule has 2 fully saturated rings. The number of amides is 3. The molecule has 1 N–H and O–H groups in total. The molecule has 0 aliphatic carbocycles. The van der Waals surface area contributed by atoms with Crippen molar-refractivity contribution in [1.82, 2.24) is 4.90 Å². The zero-order chi connectivity index (χ0) is 19.7. The second kappa shape index (κ2) is 7.68. The van der Waals surface area contributed by atoms with E-state index in [4.69, 9.17) is 11.6 Å². The lowest BCUT2D eigenvalue weighted by atomic mass is 10.0. The molecule has 2 heterocycles. The number of benzene rings is 2. The van der Waals surface area contributed by atoms with E-state index in [0.29, 0.717) is 23.9 Å². The van der Waals surface area contributed by atoms with Gasteiger partial charge in [-0.15, -0.1) is 11.8 Å². The summed E-state index contributed by atoms with van der Waals surface area (Å²) in [6.45, 7) is 3.26. The fourth-order valence-electron chi connectivity index (χ4n) is 3.86. The number of rotatable bonds is 2. The summed E-state index contributed by atoms with van der Waals surface area (Å²) in [4.78, 5) is 28.8. The van der Waals surface area contributed by atoms with Crippen LogP contribution in [0.1, 0.15) is 18.4 Å². The third-order valence-corrected chi connectivity index (χ3v) is 7.08. The molecule has 2 aliphatic heterocycles. The first-order chi connectivity index (χ1) is 13.5. The molecule has 0 saturated carbocycles. The van der Waals surface area contributed by atoms with Crippen LogP contribution in [0.4, 0.5) is 16.2 Å². The minimum Gasteiger partial charge on any atom is -0.324 e. The number of hydrogen-bond donors (Lipinski definition) is 1. The minimum atomic E-state index is -0.262. The van der Waals surface area contributed by atoms with Crippen LogP contribution in [0.3, 0.4) is 0 Å². The van der Waals surface area contributed by atoms with Crippen molar-refractivity contribution in [3.8, 4) is 0 Å². The summed E-state index contributed by atoms with van der Waals surface area (Å²) in [7, 11) is 0. The lowest BCUT2D eigenvalue weighted by Crippen LogP contribution is -2.53. The second-order valence-corrected chi connectivity index (χ2v) is 9.00. The lowest BCUT2D eigenvalue weighted by Gasteiger charge is -2.44. The van der Waals surface area contributed by atoms with Gasteiger partial charge in [-0.25, -0.2) is 4.79 Å². The highest BCUT2D eigenvalue weighted by atomic mass is 35.5. The summed E-state index contributed by atoms with van der Waals surface area (Å²) in [5.74, 6) is 0.639. The SMILES string of the molecule is Cc1cccc(N2C(=O)CSC23CCN(C(=O)Nc2ccc(Cl)cc2)CC3)c1. The molecule has 2 saturated heterocycles. The molecule has 0 unspecified atom stereocenters. The van der Waals surface area contributed by atoms with Crippen LogP contribution in [0.2, 0.25) is 5.02 Å². The molecule has 0 radical (unpaired) electrons. The Labute approximate surface area is 174 Å². The third kappa shape index (κ3) is 3.71. The van der Waals surface area contributed by atoms with Crippen LogP contribution in [0.25, 0.3) is 0 Å². The molecule has 28 heavy (non-hydrogen) atoms. The normalized spacial score (nSPS) is 18.6. The monoisotopic (exact) mass is 415 g/mol. The van der Waals surface area contributed by atoms with Gasteiger partial charge in [0.1, 0.15) is 0 Å². The van der Waals surface area contributed by atoms with E-state index in [1.807, 2.05) is 34.9 Å². The third-order valence-electron chi connectivity index (χ3n) is 5.31. The van der Waals surface area contributed by atoms with Gasteiger partial charge in [-0.3, -0.25) is 9.69 Å². The summed E-state index contributed by atoms with van der Waals surface area (Å²) in [5.41, 5.74) is 2.81. The van der Waals surface area contributed by atoms with Crippen LogP contribution in [-0.2, 0) is 4.79 Å². The van der Waals surface area contributed by atoms with Gasteiger partial charge in [0.25, 0.3) is 0 Å². The van der Waals surface area contributed by atoms with Crippen molar-refractivity contribution >= 4 is 46.7 Å². The summed E-state index contributed by atoms with van der Waals surface area (Å²) >= 11 is 7.60. The molecule has 146 valence electrons. The molecule has 0 aromatic heterocycles. The number of piperidine rings is 1. The molecule has 2 aromatic rings. The smallest absolute Gasteiger partial charge is 0.321 e. The van der Waals surface area contributed by atoms with E-state index < -0.39 is 0 Å². The van der Waals surface area contributed by atoms with Crippen LogP contribution in [-0.4, -0.2) is 40.6 Å². The Morgan fingerprint density at radius 3 is 2.54 bits per heavy atom. The number of halogens is 1. The molecule has 1 spiro atoms. The average Bonchev–Trinajstić information content (AvgIpc) is 3.00. The highest BCUT2D eigenvalue weighted by Gasteiger charge is 2.49. The molecule has 7 heteroatoms. The summed E-state index contributed by atoms with van der Waals surface area (Å²) in [6, 6.07) is 15.0. The summed E-state index contributed by atoms with van der Waals surface area (Å²) < 4.78 is 0. The number of likely N-dealkylation sites (tertiary alicyclic amines) is 1. The number of nitrogens with one attached hydrogen (secondary N) is 1. The van der Waals surface area contributed by atoms with E-state index in [9.17, 15) is 9.59 Å². The van der Waals surface area contributed by atoms with Crippen LogP contribution >= 0.6 is 23.4 Å². The second-order valence-electron chi connectivity index (χ2n) is 7.23. The van der Waals surface area contributed by atoms with E-state index in [1.165, 1.54) is 0 Å². The number of urea groups is 1. The Morgan fingerprint density at radius 2 is 1.86 bits per heavy atom. The maximum Gasteiger partial charge on any atom is 0.321 e. The van der Waals surface area contributed by atoms with Gasteiger partial charge >= 0.3 is 6.03 Å². The lowest BCUT2D eigenvalue weighted by molar-refractivity contribution is -0.116. The van der Waals surface area contributed by atoms with Gasteiger partial charge in [-0.1, -0.05) is 23.7 Å². The molecule has 5 nitrogen and oxygen atoms in total. The van der Waals surface area contributed by atoms with Crippen LogP contribution in [0.5, 0.6) is 0 Å². The van der Waals surface area contributed by atoms with Crippen LogP contribution < -0.4 is 10.2 Å². The number of nitrogens with zero attached hydrogens (tertiary/aromatic N) is 2. The van der Waals surface area contributed by atoms with Crippen molar-refractivity contribution < 1.29 is 9.59 Å². The predicted octanol–water partition coefficient (Wildman–Crippen LogP) is 4.75. The number of hydrogen-bond acceptors (Lipinski definition) is 3. The molecule has 3 amide bonds. The van der Waals surface area contributed by atoms with E-state index in [0.717, 1.165) is 29.8 Å². The highest BCUT2D eigenvalue weighted by Crippen LogP contribution is 2.46. The molecule has 0 bridgehead atoms. The fourth-order valence-corrected chi connectivity index (χ4v) is 5.32. The van der Waals surface area contributed by atoms with Crippen molar-refractivity contribution in [2.75, 3.05) is 29.1 Å². The van der Waals surface area contributed by atoms with E-state index in [2.05, 4.69) is 11.4 Å². The number of anilines is 2. The van der Waals surface area contributed by atoms with Crippen molar-refractivity contribution in [3.05, 3.63) is 59.1 Å². The molecule has 2 aliphatic rings. The average molecular weight is 416 g/mol. The van der Waals surface area contributed by atoms with E-state index in [-0.39, 0.29) is 16.8 Å². The highest BCUT2D eigenvalue weighted by molar-refractivity contribution is 8.02. The van der Waals surface area contributed by atoms with Crippen molar-refractivity contribution in [3.63, 3.8) is 0 Å². The Morgan fingerprint density at radius 1 is 1.14 bits per heavy atom. The molecule has 4 rings (SSSR count). The maximum absolute atomic E-state index is 12.6. The number of aryl methyl sites for hydroxylation is 1. The van der Waals surface area contributed by atoms with Crippen molar-refractivity contribution in [2.24, 2.45) is 0 Å². The van der Waals surface area contributed by atoms with E-state index >= 15 is 0 Å². The number of carbonyl (C=O) groups is 2. The fraction of sp³-hybridized carbons (Fsp3) is 0.333. The first-order valence-corrected chi connectivity index (χ1v) is 10.7. The topological polar surface area (TPSA) is 52.7 Å². The van der Waals surface area contributed by atoms with Gasteiger partial charge in [0.15, 0.2) is 0 Å². The zero-order valence-electron chi connectivity index (χ0n) is 15.7. The molecular weight excluding hydrogens is 394 g/mol. The first-order valence-electron chi connectivity index (χ1n) is 9.32.